The predicted molar refractivity (Wildman–Crippen MR) is 116 cm³/mol. The van der Waals surface area contributed by atoms with Gasteiger partial charge in [0, 0.05) is 17.6 Å². The molecule has 1 amide bonds. The minimum atomic E-state index is -0.696. The van der Waals surface area contributed by atoms with Gasteiger partial charge in [-0.15, -0.1) is 0 Å². The van der Waals surface area contributed by atoms with Gasteiger partial charge in [-0.05, 0) is 55.8 Å². The summed E-state index contributed by atoms with van der Waals surface area (Å²) in [4.78, 5) is 18.5. The molecule has 0 fully saturated rings. The van der Waals surface area contributed by atoms with Crippen molar-refractivity contribution in [3.05, 3.63) is 52.9 Å². The number of aromatic nitrogens is 2. The number of carbonyl (C=O) groups is 1. The lowest BCUT2D eigenvalue weighted by atomic mass is 10.2. The molecular weight excluding hydrogens is 422 g/mol. The van der Waals surface area contributed by atoms with E-state index in [4.69, 9.17) is 30.3 Å². The lowest BCUT2D eigenvalue weighted by Gasteiger charge is -2.21. The zero-order valence-corrected chi connectivity index (χ0v) is 18.8. The molecule has 3 rings (SSSR count). The van der Waals surface area contributed by atoms with Gasteiger partial charge in [-0.25, -0.2) is 0 Å². The van der Waals surface area contributed by atoms with Crippen LogP contribution in [0.5, 0.6) is 17.2 Å². The van der Waals surface area contributed by atoms with E-state index in [1.54, 1.807) is 64.6 Å². The summed E-state index contributed by atoms with van der Waals surface area (Å²) in [7, 11) is 4.77. The topological polar surface area (TPSA) is 86.9 Å². The summed E-state index contributed by atoms with van der Waals surface area (Å²) >= 11 is 6.03. The summed E-state index contributed by atoms with van der Waals surface area (Å²) in [6.07, 6.45) is -0.696. The Morgan fingerprint density at radius 3 is 2.58 bits per heavy atom. The fourth-order valence-electron chi connectivity index (χ4n) is 2.95. The predicted octanol–water partition coefficient (Wildman–Crippen LogP) is 4.14. The highest BCUT2D eigenvalue weighted by Gasteiger charge is 2.22. The van der Waals surface area contributed by atoms with E-state index in [9.17, 15) is 4.79 Å². The van der Waals surface area contributed by atoms with Crippen LogP contribution in [0.25, 0.3) is 11.4 Å². The van der Waals surface area contributed by atoms with Crippen LogP contribution in [-0.4, -0.2) is 48.3 Å². The molecule has 0 aliphatic rings. The van der Waals surface area contributed by atoms with E-state index >= 15 is 0 Å². The largest absolute Gasteiger partial charge is 0.493 e. The van der Waals surface area contributed by atoms with E-state index in [0.717, 1.165) is 5.56 Å². The summed E-state index contributed by atoms with van der Waals surface area (Å²) in [6.45, 7) is 3.71. The number of amides is 1. The van der Waals surface area contributed by atoms with Crippen molar-refractivity contribution < 1.29 is 23.5 Å². The summed E-state index contributed by atoms with van der Waals surface area (Å²) in [5, 5.41) is 4.64. The fourth-order valence-corrected chi connectivity index (χ4v) is 3.07. The average Bonchev–Trinajstić information content (AvgIpc) is 3.23. The van der Waals surface area contributed by atoms with Gasteiger partial charge in [-0.1, -0.05) is 16.8 Å². The number of halogens is 1. The van der Waals surface area contributed by atoms with Gasteiger partial charge in [-0.3, -0.25) is 4.79 Å². The van der Waals surface area contributed by atoms with E-state index in [1.165, 1.54) is 4.90 Å². The Hall–Kier alpha value is -3.26. The van der Waals surface area contributed by atoms with E-state index in [2.05, 4.69) is 10.1 Å². The van der Waals surface area contributed by atoms with Gasteiger partial charge in [0.1, 0.15) is 5.75 Å². The fraction of sp³-hybridized carbons (Fsp3) is 0.318. The van der Waals surface area contributed by atoms with Crippen LogP contribution in [0.15, 0.2) is 40.9 Å². The highest BCUT2D eigenvalue weighted by Crippen LogP contribution is 2.31. The number of nitrogens with zero attached hydrogens (tertiary/aromatic N) is 3. The van der Waals surface area contributed by atoms with Crippen molar-refractivity contribution in [1.82, 2.24) is 15.0 Å². The molecule has 8 nitrogen and oxygen atoms in total. The average molecular weight is 446 g/mol. The molecule has 31 heavy (non-hydrogen) atoms. The van der Waals surface area contributed by atoms with Crippen molar-refractivity contribution >= 4 is 17.5 Å². The molecule has 0 bridgehead atoms. The molecular formula is C22H24ClN3O5. The van der Waals surface area contributed by atoms with E-state index in [1.807, 2.05) is 6.92 Å². The number of rotatable bonds is 8. The van der Waals surface area contributed by atoms with Gasteiger partial charge in [0.2, 0.25) is 11.7 Å². The van der Waals surface area contributed by atoms with Crippen LogP contribution in [0.2, 0.25) is 5.02 Å². The molecule has 0 aliphatic carbocycles. The van der Waals surface area contributed by atoms with E-state index in [-0.39, 0.29) is 12.5 Å². The van der Waals surface area contributed by atoms with Crippen molar-refractivity contribution in [2.24, 2.45) is 0 Å². The lowest BCUT2D eigenvalue weighted by molar-refractivity contribution is -0.137. The van der Waals surface area contributed by atoms with Crippen LogP contribution < -0.4 is 14.2 Å². The maximum atomic E-state index is 12.7. The summed E-state index contributed by atoms with van der Waals surface area (Å²) in [6, 6.07) is 10.6. The molecule has 0 saturated heterocycles. The smallest absolute Gasteiger partial charge is 0.263 e. The van der Waals surface area contributed by atoms with Gasteiger partial charge < -0.3 is 23.6 Å². The van der Waals surface area contributed by atoms with Crippen LogP contribution >= 0.6 is 11.6 Å². The standard InChI is InChI=1S/C22H24ClN3O5/c1-13-10-16(7-8-17(13)23)30-14(2)22(27)26(3)12-20-24-21(25-31-20)15-6-9-18(28-4)19(11-15)29-5/h6-11,14H,12H2,1-5H3. The zero-order valence-electron chi connectivity index (χ0n) is 18.0. The van der Waals surface area contributed by atoms with Crippen molar-refractivity contribution in [3.63, 3.8) is 0 Å². The Labute approximate surface area is 185 Å². The highest BCUT2D eigenvalue weighted by molar-refractivity contribution is 6.31. The summed E-state index contributed by atoms with van der Waals surface area (Å²) in [5.41, 5.74) is 1.58. The van der Waals surface area contributed by atoms with Crippen molar-refractivity contribution in [1.29, 1.82) is 0 Å². The molecule has 1 aromatic heterocycles. The molecule has 3 aromatic rings. The minimum absolute atomic E-state index is 0.145. The molecule has 1 unspecified atom stereocenters. The Bertz CT molecular complexity index is 1070. The maximum Gasteiger partial charge on any atom is 0.263 e. The molecule has 0 aliphatic heterocycles. The first-order valence-electron chi connectivity index (χ1n) is 9.55. The first-order valence-corrected chi connectivity index (χ1v) is 9.93. The third kappa shape index (κ3) is 5.27. The normalized spacial score (nSPS) is 11.7. The molecule has 0 N–H and O–H groups in total. The number of hydrogen-bond acceptors (Lipinski definition) is 7. The second-order valence-corrected chi connectivity index (χ2v) is 7.35. The molecule has 1 atom stereocenters. The Morgan fingerprint density at radius 1 is 1.16 bits per heavy atom. The third-order valence-electron chi connectivity index (χ3n) is 4.65. The third-order valence-corrected chi connectivity index (χ3v) is 5.07. The van der Waals surface area contributed by atoms with Gasteiger partial charge in [0.15, 0.2) is 17.6 Å². The van der Waals surface area contributed by atoms with Gasteiger partial charge in [-0.2, -0.15) is 4.98 Å². The van der Waals surface area contributed by atoms with E-state index in [0.29, 0.717) is 39.5 Å². The molecule has 0 radical (unpaired) electrons. The minimum Gasteiger partial charge on any atom is -0.493 e. The lowest BCUT2D eigenvalue weighted by Crippen LogP contribution is -2.37. The van der Waals surface area contributed by atoms with Gasteiger partial charge in [0.05, 0.1) is 20.8 Å². The number of ether oxygens (including phenoxy) is 3. The van der Waals surface area contributed by atoms with Crippen LogP contribution in [0.4, 0.5) is 0 Å². The number of aryl methyl sites for hydroxylation is 1. The number of carbonyl (C=O) groups excluding carboxylic acids is 1. The number of likely N-dealkylation sites (N-methyl/N-ethyl adjacent to an activating group) is 1. The zero-order chi connectivity index (χ0) is 22.5. The quantitative estimate of drug-likeness (QED) is 0.514. The maximum absolute atomic E-state index is 12.7. The van der Waals surface area contributed by atoms with Crippen LogP contribution in [0.1, 0.15) is 18.4 Å². The van der Waals surface area contributed by atoms with Crippen LogP contribution in [0.3, 0.4) is 0 Å². The van der Waals surface area contributed by atoms with E-state index < -0.39 is 6.10 Å². The molecule has 0 saturated carbocycles. The van der Waals surface area contributed by atoms with Gasteiger partial charge in [0.25, 0.3) is 5.91 Å². The number of benzene rings is 2. The highest BCUT2D eigenvalue weighted by atomic mass is 35.5. The van der Waals surface area contributed by atoms with Crippen LogP contribution in [0, 0.1) is 6.92 Å². The summed E-state index contributed by atoms with van der Waals surface area (Å²) < 4.78 is 21.6. The monoisotopic (exact) mass is 445 g/mol. The molecule has 2 aromatic carbocycles. The second kappa shape index (κ2) is 9.70. The van der Waals surface area contributed by atoms with Crippen molar-refractivity contribution in [2.45, 2.75) is 26.5 Å². The molecule has 0 spiro atoms. The Morgan fingerprint density at radius 2 is 1.90 bits per heavy atom. The van der Waals surface area contributed by atoms with Crippen molar-refractivity contribution in [2.75, 3.05) is 21.3 Å². The molecule has 9 heteroatoms. The summed E-state index contributed by atoms with van der Waals surface area (Å²) in [5.74, 6) is 2.20. The number of methoxy groups -OCH3 is 2. The van der Waals surface area contributed by atoms with Crippen molar-refractivity contribution in [3.8, 4) is 28.6 Å². The van der Waals surface area contributed by atoms with Gasteiger partial charge >= 0.3 is 0 Å². The second-order valence-electron chi connectivity index (χ2n) is 6.95. The first-order chi connectivity index (χ1) is 14.8. The Kier molecular flexibility index (Phi) is 7.02. The SMILES string of the molecule is COc1ccc(-c2noc(CN(C)C(=O)C(C)Oc3ccc(Cl)c(C)c3)n2)cc1OC. The molecule has 1 heterocycles. The molecule has 164 valence electrons. The Balaban J connectivity index is 1.65. The van der Waals surface area contributed by atoms with Crippen LogP contribution in [-0.2, 0) is 11.3 Å². The first kappa shape index (κ1) is 22.4. The number of hydrogen-bond donors (Lipinski definition) is 0.